The van der Waals surface area contributed by atoms with E-state index in [0.29, 0.717) is 29.5 Å². The Morgan fingerprint density at radius 2 is 1.16 bits per heavy atom. The Morgan fingerprint density at radius 3 is 1.86 bits per heavy atom. The van der Waals surface area contributed by atoms with Gasteiger partial charge >= 0.3 is 346 Å². The molecular weight excluding hydrogens is 1120 g/mol. The van der Waals surface area contributed by atoms with Crippen molar-refractivity contribution in [2.45, 2.75) is 98.3 Å². The molecule has 0 fully saturated rings. The third-order valence-corrected chi connectivity index (χ3v) is 16.3. The SMILES string of the molecule is [2H]C([2H])([2H])c1cc(-n2c3cc(Oc4cccc(-n5[c](=[Pt])n(-c6c(-c7ccccc7)cccc6-c6cc(C(C)(C)C)cc(C(C)(C)C)c6)c6ccccc65)c4)ccc3c3cc4c(cc32)OCCC4)ncc1-c1ccc(C(C)(C)C)cc1. The van der Waals surface area contributed by atoms with Crippen molar-refractivity contribution in [2.24, 2.45) is 0 Å². The van der Waals surface area contributed by atoms with Gasteiger partial charge in [-0.05, 0) is 47.4 Å². The van der Waals surface area contributed by atoms with Crippen molar-refractivity contribution in [3.05, 3.63) is 214 Å². The molecule has 4 heterocycles. The first-order chi connectivity index (χ1) is 38.1. The zero-order valence-corrected chi connectivity index (χ0v) is 47.6. The summed E-state index contributed by atoms with van der Waals surface area (Å²) < 4.78 is 47.4. The van der Waals surface area contributed by atoms with Gasteiger partial charge in [0.25, 0.3) is 0 Å². The fraction of sp³-hybridized carbons (Fsp3) is 0.229. The third-order valence-electron chi connectivity index (χ3n) is 15.3. The smallest absolute Gasteiger partial charge is 0.493 e. The molecule has 3 aromatic heterocycles. The van der Waals surface area contributed by atoms with Crippen molar-refractivity contribution < 1.29 is 32.9 Å². The first-order valence-corrected chi connectivity index (χ1v) is 27.9. The maximum atomic E-state index is 8.81. The second-order valence-electron chi connectivity index (χ2n) is 23.7. The van der Waals surface area contributed by atoms with E-state index < -0.39 is 6.85 Å². The molecule has 7 heteroatoms. The van der Waals surface area contributed by atoms with E-state index in [-0.39, 0.29) is 21.8 Å². The fourth-order valence-corrected chi connectivity index (χ4v) is 12.1. The number of aromatic nitrogens is 4. The van der Waals surface area contributed by atoms with Crippen molar-refractivity contribution >= 4 is 32.8 Å². The van der Waals surface area contributed by atoms with Gasteiger partial charge in [0, 0.05) is 15.9 Å². The van der Waals surface area contributed by atoms with Gasteiger partial charge < -0.3 is 4.74 Å². The van der Waals surface area contributed by atoms with Gasteiger partial charge in [0.05, 0.1) is 6.61 Å². The van der Waals surface area contributed by atoms with Crippen LogP contribution in [-0.4, -0.2) is 25.3 Å². The van der Waals surface area contributed by atoms with Gasteiger partial charge in [-0.1, -0.05) is 45.0 Å². The Hall–Kier alpha value is -7.53. The van der Waals surface area contributed by atoms with Crippen LogP contribution in [0.15, 0.2) is 182 Å². The van der Waals surface area contributed by atoms with Crippen LogP contribution in [0.3, 0.4) is 0 Å². The summed E-state index contributed by atoms with van der Waals surface area (Å²) in [6, 6.07) is 61.9. The van der Waals surface area contributed by atoms with Gasteiger partial charge in [0.15, 0.2) is 0 Å². The molecule has 0 aliphatic carbocycles. The molecule has 0 atom stereocenters. The van der Waals surface area contributed by atoms with Gasteiger partial charge in [-0.2, -0.15) is 0 Å². The van der Waals surface area contributed by atoms with Crippen LogP contribution in [0.5, 0.6) is 17.2 Å². The van der Waals surface area contributed by atoms with E-state index in [1.54, 1.807) is 12.3 Å². The number of nitrogens with zero attached hydrogens (tertiary/aromatic N) is 4. The fourth-order valence-electron chi connectivity index (χ4n) is 11.0. The summed E-state index contributed by atoms with van der Waals surface area (Å²) >= 11 is 2.51. The summed E-state index contributed by atoms with van der Waals surface area (Å²) in [5.74, 6) is 2.63. The minimum atomic E-state index is -2.42. The zero-order chi connectivity index (χ0) is 56.0. The normalized spacial score (nSPS) is 13.8. The molecule has 0 radical (unpaired) electrons. The predicted octanol–water partition coefficient (Wildman–Crippen LogP) is 18.3. The van der Waals surface area contributed by atoms with Gasteiger partial charge in [-0.15, -0.1) is 0 Å². The average Bonchev–Trinajstić information content (AvgIpc) is 4.13. The van der Waals surface area contributed by atoms with E-state index >= 15 is 0 Å². The van der Waals surface area contributed by atoms with E-state index in [1.807, 2.05) is 36.4 Å². The number of hydrogen-bond donors (Lipinski definition) is 0. The van der Waals surface area contributed by atoms with Gasteiger partial charge in [-0.3, -0.25) is 0 Å². The Balaban J connectivity index is 0.993. The van der Waals surface area contributed by atoms with Crippen LogP contribution in [0, 0.1) is 10.7 Å². The molecule has 11 aromatic rings. The van der Waals surface area contributed by atoms with Crippen LogP contribution in [-0.2, 0) is 42.0 Å². The first-order valence-electron chi connectivity index (χ1n) is 28.3. The number of pyridine rings is 1. The number of rotatable bonds is 8. The number of benzene rings is 8. The Morgan fingerprint density at radius 1 is 0.519 bits per heavy atom. The molecule has 6 nitrogen and oxygen atoms in total. The van der Waals surface area contributed by atoms with Crippen LogP contribution in [0.1, 0.15) is 101 Å². The van der Waals surface area contributed by atoms with E-state index in [1.165, 1.54) is 22.3 Å². The zero-order valence-electron chi connectivity index (χ0n) is 48.4. The summed E-state index contributed by atoms with van der Waals surface area (Å²) in [5, 5.41) is 2.04. The van der Waals surface area contributed by atoms with Gasteiger partial charge in [0.2, 0.25) is 0 Å². The number of para-hydroxylation sites is 3. The standard InChI is InChI=1S/C70H66N4O2.Pt/c1-45-35-66(71-43-60(45)47-28-30-50(31-29-47)68(2,3)4)74-63-41-55(32-33-58(63)59-38-48-21-18-34-75-65(48)42-64(59)74)76-54-23-16-22-53(40-54)72-44-73(62-27-15-14-26-61(62)72)67-56(46-19-12-11-13-20-46)24-17-25-57(67)49-36-51(69(5,6)7)39-52(37-49)70(8,9)10;/h11-17,19-20,22-33,35-43H,18,21,34H2,1-10H3;/i1D3;. The quantitative estimate of drug-likeness (QED) is 0.152. The van der Waals surface area contributed by atoms with E-state index in [9.17, 15) is 0 Å². The molecule has 77 heavy (non-hydrogen) atoms. The maximum absolute atomic E-state index is 8.81. The summed E-state index contributed by atoms with van der Waals surface area (Å²) in [6.07, 6.45) is 3.58. The predicted molar refractivity (Wildman–Crippen MR) is 315 cm³/mol. The molecule has 0 N–H and O–H groups in total. The minimum absolute atomic E-state index is 0.0450. The van der Waals surface area contributed by atoms with Crippen LogP contribution in [0.2, 0.25) is 0 Å². The topological polar surface area (TPSA) is 46.1 Å². The molecule has 1 aliphatic rings. The van der Waals surface area contributed by atoms with Crippen molar-refractivity contribution in [3.63, 3.8) is 0 Å². The van der Waals surface area contributed by atoms with Gasteiger partial charge in [-0.25, -0.2) is 0 Å². The van der Waals surface area contributed by atoms with Crippen LogP contribution in [0.25, 0.3) is 83.4 Å². The Bertz CT molecular complexity index is 4250. The summed E-state index contributed by atoms with van der Waals surface area (Å²) in [4.78, 5) is 5.07. The summed E-state index contributed by atoms with van der Waals surface area (Å²) in [6.45, 7) is 18.5. The number of aryl methyl sites for hydroxylation is 2. The van der Waals surface area contributed by atoms with Crippen molar-refractivity contribution in [3.8, 4) is 67.8 Å². The molecule has 0 bridgehead atoms. The molecule has 0 unspecified atom stereocenters. The molecule has 8 aromatic carbocycles. The minimum Gasteiger partial charge on any atom is -0.493 e. The Kier molecular flexibility index (Phi) is 11.6. The number of hydrogen-bond acceptors (Lipinski definition) is 3. The molecule has 0 saturated heterocycles. The van der Waals surface area contributed by atoms with Gasteiger partial charge in [0.1, 0.15) is 5.75 Å². The van der Waals surface area contributed by atoms with Crippen LogP contribution in [0.4, 0.5) is 0 Å². The monoisotopic (exact) mass is 1190 g/mol. The second kappa shape index (κ2) is 19.2. The summed E-state index contributed by atoms with van der Waals surface area (Å²) in [5.41, 5.74) is 16.9. The van der Waals surface area contributed by atoms with Crippen LogP contribution < -0.4 is 9.47 Å². The Labute approximate surface area is 468 Å². The third kappa shape index (κ3) is 9.29. The van der Waals surface area contributed by atoms with E-state index in [4.69, 9.17) is 18.6 Å². The van der Waals surface area contributed by atoms with E-state index in [0.717, 1.165) is 94.4 Å². The van der Waals surface area contributed by atoms with Crippen molar-refractivity contribution in [1.82, 2.24) is 18.7 Å². The molecule has 12 rings (SSSR count). The molecular formula is C70H66N4O2Pt. The molecule has 0 amide bonds. The van der Waals surface area contributed by atoms with Crippen molar-refractivity contribution in [2.75, 3.05) is 6.61 Å². The average molecular weight is 1190 g/mol. The van der Waals surface area contributed by atoms with Crippen molar-refractivity contribution in [1.29, 1.82) is 0 Å². The van der Waals surface area contributed by atoms with E-state index in [2.05, 4.69) is 229 Å². The number of imidazole rings is 1. The number of ether oxygens (including phenoxy) is 2. The molecule has 0 spiro atoms. The summed E-state index contributed by atoms with van der Waals surface area (Å²) in [7, 11) is 0. The first kappa shape index (κ1) is 46.7. The molecule has 388 valence electrons. The molecule has 1 aliphatic heterocycles. The second-order valence-corrected chi connectivity index (χ2v) is 24.7. The molecule has 0 saturated carbocycles. The number of fused-ring (bicyclic) bond motifs is 5. The van der Waals surface area contributed by atoms with Crippen LogP contribution >= 0.6 is 0 Å².